The van der Waals surface area contributed by atoms with Gasteiger partial charge < -0.3 is 9.80 Å². The number of hydrogen-bond donors (Lipinski definition) is 0. The Balaban J connectivity index is 1.24. The fourth-order valence-corrected chi connectivity index (χ4v) is 4.72. The Bertz CT molecular complexity index is 1080. The molecule has 1 unspecified atom stereocenters. The molecule has 5 rings (SSSR count). The fraction of sp³-hybridized carbons (Fsp3) is 0.308. The van der Waals surface area contributed by atoms with E-state index in [1.54, 1.807) is 0 Å². The van der Waals surface area contributed by atoms with Crippen LogP contribution in [-0.2, 0) is 13.1 Å². The SMILES string of the molecule is CC1CC=C(CCN2Cc3ccccc3C2=O)C=C1CN1Cc2ccccc2C1=O. The number of nitrogens with zero attached hydrogens (tertiary/aromatic N) is 2. The molecule has 3 aliphatic rings. The lowest BCUT2D eigenvalue weighted by Crippen LogP contribution is -2.29. The zero-order chi connectivity index (χ0) is 20.7. The number of fused-ring (bicyclic) bond motifs is 2. The van der Waals surface area contributed by atoms with Crippen LogP contribution in [-0.4, -0.2) is 34.7 Å². The second-order valence-corrected chi connectivity index (χ2v) is 8.59. The van der Waals surface area contributed by atoms with Gasteiger partial charge in [-0.05, 0) is 47.6 Å². The molecule has 0 saturated heterocycles. The Labute approximate surface area is 177 Å². The lowest BCUT2D eigenvalue weighted by molar-refractivity contribution is 0.0775. The fourth-order valence-electron chi connectivity index (χ4n) is 4.72. The number of carbonyl (C=O) groups excluding carboxylic acids is 2. The Morgan fingerprint density at radius 3 is 2.13 bits per heavy atom. The molecule has 2 aromatic carbocycles. The number of hydrogen-bond acceptors (Lipinski definition) is 2. The Morgan fingerprint density at radius 2 is 1.47 bits per heavy atom. The summed E-state index contributed by atoms with van der Waals surface area (Å²) >= 11 is 0. The largest absolute Gasteiger partial charge is 0.334 e. The number of amides is 2. The summed E-state index contributed by atoms with van der Waals surface area (Å²) in [6.45, 7) is 5.04. The maximum atomic E-state index is 12.7. The first-order chi connectivity index (χ1) is 14.6. The summed E-state index contributed by atoms with van der Waals surface area (Å²) in [6, 6.07) is 15.8. The molecule has 0 N–H and O–H groups in total. The minimum atomic E-state index is 0.134. The lowest BCUT2D eigenvalue weighted by atomic mass is 9.88. The standard InChI is InChI=1S/C26H26N2O2/c1-18-10-11-19(12-13-27-15-20-6-2-4-8-23(20)25(27)29)14-22(18)17-28-16-21-7-3-5-9-24(21)26(28)30/h2-9,11,14,18H,10,12-13,15-17H2,1H3. The highest BCUT2D eigenvalue weighted by Gasteiger charge is 2.29. The highest BCUT2D eigenvalue weighted by Crippen LogP contribution is 2.30. The van der Waals surface area contributed by atoms with Gasteiger partial charge in [-0.15, -0.1) is 0 Å². The topological polar surface area (TPSA) is 40.6 Å². The summed E-state index contributed by atoms with van der Waals surface area (Å²) in [7, 11) is 0. The maximum absolute atomic E-state index is 12.7. The van der Waals surface area contributed by atoms with Crippen LogP contribution in [0.15, 0.2) is 71.8 Å². The van der Waals surface area contributed by atoms with Gasteiger partial charge in [-0.25, -0.2) is 0 Å². The van der Waals surface area contributed by atoms with E-state index in [0.717, 1.165) is 41.6 Å². The highest BCUT2D eigenvalue weighted by atomic mass is 16.2. The van der Waals surface area contributed by atoms with Crippen molar-refractivity contribution in [1.29, 1.82) is 0 Å². The Kier molecular flexibility index (Phi) is 4.78. The molecule has 4 nitrogen and oxygen atoms in total. The third-order valence-corrected chi connectivity index (χ3v) is 6.57. The average Bonchev–Trinajstić information content (AvgIpc) is 3.26. The van der Waals surface area contributed by atoms with Crippen molar-refractivity contribution in [2.24, 2.45) is 5.92 Å². The minimum Gasteiger partial charge on any atom is -0.334 e. The van der Waals surface area contributed by atoms with E-state index in [-0.39, 0.29) is 11.8 Å². The normalized spacial score (nSPS) is 20.2. The van der Waals surface area contributed by atoms with Crippen molar-refractivity contribution in [2.75, 3.05) is 13.1 Å². The molecule has 30 heavy (non-hydrogen) atoms. The van der Waals surface area contributed by atoms with Crippen molar-refractivity contribution in [2.45, 2.75) is 32.9 Å². The number of benzene rings is 2. The van der Waals surface area contributed by atoms with Gasteiger partial charge in [-0.1, -0.05) is 61.0 Å². The summed E-state index contributed by atoms with van der Waals surface area (Å²) in [5.74, 6) is 0.707. The van der Waals surface area contributed by atoms with Gasteiger partial charge in [0, 0.05) is 37.3 Å². The van der Waals surface area contributed by atoms with E-state index in [1.807, 2.05) is 58.3 Å². The quantitative estimate of drug-likeness (QED) is 0.740. The molecule has 2 heterocycles. The van der Waals surface area contributed by atoms with Gasteiger partial charge >= 0.3 is 0 Å². The predicted molar refractivity (Wildman–Crippen MR) is 117 cm³/mol. The molecule has 0 fully saturated rings. The van der Waals surface area contributed by atoms with E-state index in [0.29, 0.717) is 25.6 Å². The molecule has 2 amide bonds. The number of allylic oxidation sites excluding steroid dienone is 2. The van der Waals surface area contributed by atoms with Gasteiger partial charge in [0.2, 0.25) is 0 Å². The summed E-state index contributed by atoms with van der Waals surface area (Å²) in [5, 5.41) is 0. The van der Waals surface area contributed by atoms with Gasteiger partial charge in [0.05, 0.1) is 0 Å². The van der Waals surface area contributed by atoms with Crippen molar-refractivity contribution in [1.82, 2.24) is 9.80 Å². The third-order valence-electron chi connectivity index (χ3n) is 6.57. The first-order valence-corrected chi connectivity index (χ1v) is 10.7. The van der Waals surface area contributed by atoms with Crippen LogP contribution in [0.1, 0.15) is 51.6 Å². The number of rotatable bonds is 5. The molecule has 0 bridgehead atoms. The molecule has 0 radical (unpaired) electrons. The van der Waals surface area contributed by atoms with Crippen molar-refractivity contribution < 1.29 is 9.59 Å². The maximum Gasteiger partial charge on any atom is 0.254 e. The second-order valence-electron chi connectivity index (χ2n) is 8.59. The predicted octanol–water partition coefficient (Wildman–Crippen LogP) is 4.58. The van der Waals surface area contributed by atoms with Gasteiger partial charge in [-0.3, -0.25) is 9.59 Å². The summed E-state index contributed by atoms with van der Waals surface area (Å²) in [4.78, 5) is 29.2. The summed E-state index contributed by atoms with van der Waals surface area (Å²) < 4.78 is 0. The smallest absolute Gasteiger partial charge is 0.254 e. The van der Waals surface area contributed by atoms with Crippen LogP contribution in [0, 0.1) is 5.92 Å². The van der Waals surface area contributed by atoms with E-state index in [9.17, 15) is 9.59 Å². The molecule has 1 aliphatic carbocycles. The first-order valence-electron chi connectivity index (χ1n) is 10.7. The minimum absolute atomic E-state index is 0.134. The molecule has 2 aromatic rings. The molecular weight excluding hydrogens is 372 g/mol. The van der Waals surface area contributed by atoms with Crippen molar-refractivity contribution >= 4 is 11.8 Å². The van der Waals surface area contributed by atoms with Gasteiger partial charge in [0.1, 0.15) is 0 Å². The Morgan fingerprint density at radius 1 is 0.867 bits per heavy atom. The molecule has 0 saturated carbocycles. The van der Waals surface area contributed by atoms with E-state index in [4.69, 9.17) is 0 Å². The number of carbonyl (C=O) groups is 2. The van der Waals surface area contributed by atoms with Crippen molar-refractivity contribution in [3.63, 3.8) is 0 Å². The molecule has 1 atom stereocenters. The average molecular weight is 399 g/mol. The van der Waals surface area contributed by atoms with Crippen molar-refractivity contribution in [3.05, 3.63) is 94.1 Å². The van der Waals surface area contributed by atoms with E-state index in [2.05, 4.69) is 19.1 Å². The zero-order valence-electron chi connectivity index (χ0n) is 17.3. The van der Waals surface area contributed by atoms with Crippen LogP contribution in [0.3, 0.4) is 0 Å². The molecular formula is C26H26N2O2. The van der Waals surface area contributed by atoms with E-state index >= 15 is 0 Å². The molecule has 4 heteroatoms. The first kappa shape index (κ1) is 18.9. The van der Waals surface area contributed by atoms with Gasteiger partial charge in [0.25, 0.3) is 11.8 Å². The van der Waals surface area contributed by atoms with Crippen LogP contribution < -0.4 is 0 Å². The van der Waals surface area contributed by atoms with Crippen molar-refractivity contribution in [3.8, 4) is 0 Å². The van der Waals surface area contributed by atoms with Gasteiger partial charge in [-0.2, -0.15) is 0 Å². The van der Waals surface area contributed by atoms with E-state index in [1.165, 1.54) is 11.1 Å². The van der Waals surface area contributed by atoms with Crippen LogP contribution in [0.5, 0.6) is 0 Å². The monoisotopic (exact) mass is 398 g/mol. The summed E-state index contributed by atoms with van der Waals surface area (Å²) in [5.41, 5.74) is 6.50. The van der Waals surface area contributed by atoms with Crippen LogP contribution >= 0.6 is 0 Å². The molecule has 0 aromatic heterocycles. The summed E-state index contributed by atoms with van der Waals surface area (Å²) in [6.07, 6.45) is 6.40. The lowest BCUT2D eigenvalue weighted by Gasteiger charge is -2.26. The van der Waals surface area contributed by atoms with Crippen LogP contribution in [0.2, 0.25) is 0 Å². The third kappa shape index (κ3) is 3.36. The molecule has 0 spiro atoms. The Hall–Kier alpha value is -3.14. The highest BCUT2D eigenvalue weighted by molar-refractivity contribution is 5.99. The molecule has 152 valence electrons. The van der Waals surface area contributed by atoms with Crippen LogP contribution in [0.25, 0.3) is 0 Å². The second kappa shape index (κ2) is 7.60. The van der Waals surface area contributed by atoms with Crippen LogP contribution in [0.4, 0.5) is 0 Å². The van der Waals surface area contributed by atoms with Gasteiger partial charge in [0.15, 0.2) is 0 Å². The molecule has 2 aliphatic heterocycles. The van der Waals surface area contributed by atoms with E-state index < -0.39 is 0 Å². The zero-order valence-corrected chi connectivity index (χ0v) is 17.3.